The maximum atomic E-state index is 12.1. The molecule has 0 unspecified atom stereocenters. The van der Waals surface area contributed by atoms with Gasteiger partial charge in [0.15, 0.2) is 0 Å². The van der Waals surface area contributed by atoms with Gasteiger partial charge in [0.05, 0.1) is 13.5 Å². The van der Waals surface area contributed by atoms with Gasteiger partial charge in [-0.2, -0.15) is 8.78 Å². The summed E-state index contributed by atoms with van der Waals surface area (Å²) in [6, 6.07) is 5.35. The van der Waals surface area contributed by atoms with Gasteiger partial charge in [-0.15, -0.1) is 12.4 Å². The van der Waals surface area contributed by atoms with E-state index in [0.717, 1.165) is 0 Å². The molecule has 0 aliphatic carbocycles. The molecule has 2 N–H and O–H groups in total. The molecule has 0 saturated carbocycles. The highest BCUT2D eigenvalue weighted by molar-refractivity contribution is 5.85. The minimum atomic E-state index is -2.93. The summed E-state index contributed by atoms with van der Waals surface area (Å²) in [4.78, 5) is 11.0. The van der Waals surface area contributed by atoms with E-state index in [1.165, 1.54) is 19.2 Å². The number of hydrogen-bond acceptors (Lipinski definition) is 4. The number of nitrogens with two attached hydrogens (primary N) is 1. The molecule has 4 nitrogen and oxygen atoms in total. The number of carbonyl (C=O) groups excluding carboxylic acids is 1. The predicted molar refractivity (Wildman–Crippen MR) is 63.9 cm³/mol. The van der Waals surface area contributed by atoms with Gasteiger partial charge in [0.2, 0.25) is 0 Å². The maximum absolute atomic E-state index is 12.1. The quantitative estimate of drug-likeness (QED) is 0.841. The molecule has 1 rings (SSSR count). The Hall–Kier alpha value is -1.40. The van der Waals surface area contributed by atoms with Gasteiger partial charge in [0.25, 0.3) is 0 Å². The van der Waals surface area contributed by atoms with Gasteiger partial charge in [-0.1, -0.05) is 18.2 Å². The van der Waals surface area contributed by atoms with E-state index in [-0.39, 0.29) is 24.6 Å². The third-order valence-corrected chi connectivity index (χ3v) is 2.15. The van der Waals surface area contributed by atoms with Crippen LogP contribution in [-0.2, 0) is 9.53 Å². The third kappa shape index (κ3) is 4.85. The van der Waals surface area contributed by atoms with Crippen LogP contribution in [0, 0.1) is 0 Å². The molecule has 18 heavy (non-hydrogen) atoms. The molecule has 1 atom stereocenters. The normalized spacial score (nSPS) is 11.6. The zero-order valence-electron chi connectivity index (χ0n) is 9.64. The molecular weight excluding hydrogens is 268 g/mol. The third-order valence-electron chi connectivity index (χ3n) is 2.15. The van der Waals surface area contributed by atoms with Gasteiger partial charge >= 0.3 is 12.6 Å². The van der Waals surface area contributed by atoms with E-state index >= 15 is 0 Å². The van der Waals surface area contributed by atoms with Gasteiger partial charge in [-0.25, -0.2) is 0 Å². The van der Waals surface area contributed by atoms with Crippen LogP contribution < -0.4 is 10.5 Å². The fraction of sp³-hybridized carbons (Fsp3) is 0.364. The molecule has 1 aromatic carbocycles. The number of esters is 1. The Morgan fingerprint density at radius 3 is 2.56 bits per heavy atom. The molecule has 7 heteroatoms. The number of benzene rings is 1. The molecule has 0 fully saturated rings. The molecule has 0 spiro atoms. The first-order valence-electron chi connectivity index (χ1n) is 4.90. The van der Waals surface area contributed by atoms with E-state index in [9.17, 15) is 13.6 Å². The SMILES string of the molecule is COC(=O)C[C@H](N)c1ccccc1OC(F)F.Cl. The van der Waals surface area contributed by atoms with E-state index in [2.05, 4.69) is 9.47 Å². The van der Waals surface area contributed by atoms with Crippen LogP contribution in [0.15, 0.2) is 24.3 Å². The molecule has 0 aliphatic rings. The molecule has 0 saturated heterocycles. The largest absolute Gasteiger partial charge is 0.469 e. The van der Waals surface area contributed by atoms with Gasteiger partial charge in [0.1, 0.15) is 5.75 Å². The van der Waals surface area contributed by atoms with Crippen molar-refractivity contribution in [1.82, 2.24) is 0 Å². The standard InChI is InChI=1S/C11H13F2NO3.ClH/c1-16-10(15)6-8(14)7-4-2-3-5-9(7)17-11(12)13;/h2-5,8,11H,6,14H2,1H3;1H/t8-;/m0./s1. The number of alkyl halides is 2. The first-order chi connectivity index (χ1) is 8.04. The lowest BCUT2D eigenvalue weighted by atomic mass is 10.0. The van der Waals surface area contributed by atoms with E-state index < -0.39 is 18.6 Å². The summed E-state index contributed by atoms with van der Waals surface area (Å²) in [5, 5.41) is 0. The number of carbonyl (C=O) groups is 1. The van der Waals surface area contributed by atoms with E-state index in [0.29, 0.717) is 5.56 Å². The van der Waals surface area contributed by atoms with Gasteiger partial charge in [-0.3, -0.25) is 4.79 Å². The minimum absolute atomic E-state index is 0. The van der Waals surface area contributed by atoms with Crippen LogP contribution in [0.5, 0.6) is 5.75 Å². The zero-order chi connectivity index (χ0) is 12.8. The van der Waals surface area contributed by atoms with Gasteiger partial charge < -0.3 is 15.2 Å². The van der Waals surface area contributed by atoms with Crippen molar-refractivity contribution in [2.75, 3.05) is 7.11 Å². The summed E-state index contributed by atoms with van der Waals surface area (Å²) in [6.45, 7) is -2.93. The molecule has 0 heterocycles. The Morgan fingerprint density at radius 2 is 2.00 bits per heavy atom. The molecule has 0 aromatic heterocycles. The van der Waals surface area contributed by atoms with Crippen molar-refractivity contribution in [3.05, 3.63) is 29.8 Å². The molecule has 0 amide bonds. The number of rotatable bonds is 5. The molecule has 0 radical (unpaired) electrons. The van der Waals surface area contributed by atoms with Crippen LogP contribution in [0.2, 0.25) is 0 Å². The van der Waals surface area contributed by atoms with Crippen molar-refractivity contribution in [1.29, 1.82) is 0 Å². The summed E-state index contributed by atoms with van der Waals surface area (Å²) in [5.74, 6) is -0.539. The number of hydrogen-bond donors (Lipinski definition) is 1. The summed E-state index contributed by atoms with van der Waals surface area (Å²) in [7, 11) is 1.23. The van der Waals surface area contributed by atoms with E-state index in [1.807, 2.05) is 0 Å². The highest BCUT2D eigenvalue weighted by Crippen LogP contribution is 2.27. The first kappa shape index (κ1) is 16.6. The maximum Gasteiger partial charge on any atom is 0.387 e. The highest BCUT2D eigenvalue weighted by Gasteiger charge is 2.17. The predicted octanol–water partition coefficient (Wildman–Crippen LogP) is 2.27. The van der Waals surface area contributed by atoms with E-state index in [4.69, 9.17) is 5.73 Å². The zero-order valence-corrected chi connectivity index (χ0v) is 10.5. The number of ether oxygens (including phenoxy) is 2. The Bertz CT molecular complexity index is 390. The second kappa shape index (κ2) is 7.84. The van der Waals surface area contributed by atoms with Crippen molar-refractivity contribution in [2.45, 2.75) is 19.1 Å². The van der Waals surface area contributed by atoms with Crippen LogP contribution in [0.4, 0.5) is 8.78 Å². The topological polar surface area (TPSA) is 61.5 Å². The minimum Gasteiger partial charge on any atom is -0.469 e. The van der Waals surface area contributed by atoms with Crippen molar-refractivity contribution in [3.63, 3.8) is 0 Å². The average molecular weight is 282 g/mol. The summed E-state index contributed by atoms with van der Waals surface area (Å²) < 4.78 is 33.0. The lowest BCUT2D eigenvalue weighted by Crippen LogP contribution is -2.18. The molecule has 0 aliphatic heterocycles. The second-order valence-electron chi connectivity index (χ2n) is 3.30. The Kier molecular flexibility index (Phi) is 7.23. The summed E-state index contributed by atoms with van der Waals surface area (Å²) in [5.41, 5.74) is 6.07. The van der Waals surface area contributed by atoms with Crippen molar-refractivity contribution in [2.24, 2.45) is 5.73 Å². The van der Waals surface area contributed by atoms with Crippen LogP contribution in [0.1, 0.15) is 18.0 Å². The lowest BCUT2D eigenvalue weighted by molar-refractivity contribution is -0.141. The first-order valence-corrected chi connectivity index (χ1v) is 4.90. The highest BCUT2D eigenvalue weighted by atomic mass is 35.5. The summed E-state index contributed by atoms with van der Waals surface area (Å²) >= 11 is 0. The monoisotopic (exact) mass is 281 g/mol. The summed E-state index contributed by atoms with van der Waals surface area (Å²) in [6.07, 6.45) is -0.0971. The number of methoxy groups -OCH3 is 1. The number of para-hydroxylation sites is 1. The number of halogens is 3. The fourth-order valence-corrected chi connectivity index (χ4v) is 1.36. The lowest BCUT2D eigenvalue weighted by Gasteiger charge is -2.15. The smallest absolute Gasteiger partial charge is 0.387 e. The van der Waals surface area contributed by atoms with Gasteiger partial charge in [0, 0.05) is 11.6 Å². The van der Waals surface area contributed by atoms with Crippen LogP contribution in [0.25, 0.3) is 0 Å². The van der Waals surface area contributed by atoms with Crippen molar-refractivity contribution in [3.8, 4) is 5.75 Å². The average Bonchev–Trinajstić information content (AvgIpc) is 2.28. The fourth-order valence-electron chi connectivity index (χ4n) is 1.36. The molecule has 0 bridgehead atoms. The Labute approximate surface area is 109 Å². The van der Waals surface area contributed by atoms with Crippen molar-refractivity contribution >= 4 is 18.4 Å². The van der Waals surface area contributed by atoms with Crippen molar-refractivity contribution < 1.29 is 23.0 Å². The van der Waals surface area contributed by atoms with Crippen LogP contribution in [-0.4, -0.2) is 19.7 Å². The molecule has 1 aromatic rings. The Balaban J connectivity index is 0.00000289. The van der Waals surface area contributed by atoms with Crippen LogP contribution in [0.3, 0.4) is 0 Å². The molecular formula is C11H14ClF2NO3. The van der Waals surface area contributed by atoms with Gasteiger partial charge in [-0.05, 0) is 6.07 Å². The molecule has 102 valence electrons. The Morgan fingerprint density at radius 1 is 1.39 bits per heavy atom. The van der Waals surface area contributed by atoms with E-state index in [1.54, 1.807) is 12.1 Å². The van der Waals surface area contributed by atoms with Crippen LogP contribution >= 0.6 is 12.4 Å². The second-order valence-corrected chi connectivity index (χ2v) is 3.30.